The summed E-state index contributed by atoms with van der Waals surface area (Å²) in [6.45, 7) is 3.02. The summed E-state index contributed by atoms with van der Waals surface area (Å²) >= 11 is 0. The van der Waals surface area contributed by atoms with Crippen LogP contribution in [0.25, 0.3) is 0 Å². The lowest BCUT2D eigenvalue weighted by Gasteiger charge is -2.08. The third-order valence-electron chi connectivity index (χ3n) is 2.73. The molecule has 0 aliphatic carbocycles. The summed E-state index contributed by atoms with van der Waals surface area (Å²) in [6.07, 6.45) is 4.45. The minimum atomic E-state index is 0.852. The maximum absolute atomic E-state index is 5.30. The van der Waals surface area contributed by atoms with Crippen molar-refractivity contribution in [2.45, 2.75) is 32.6 Å². The van der Waals surface area contributed by atoms with Crippen LogP contribution in [0.4, 0.5) is 0 Å². The van der Waals surface area contributed by atoms with E-state index < -0.39 is 0 Å². The predicted octanol–water partition coefficient (Wildman–Crippen LogP) is 3.23. The van der Waals surface area contributed by atoms with Gasteiger partial charge in [-0.25, -0.2) is 0 Å². The van der Waals surface area contributed by atoms with Crippen molar-refractivity contribution < 1.29 is 9.47 Å². The van der Waals surface area contributed by atoms with Gasteiger partial charge in [-0.15, -0.1) is 0 Å². The molecule has 0 saturated heterocycles. The summed E-state index contributed by atoms with van der Waals surface area (Å²) < 4.78 is 10.3. The molecule has 0 radical (unpaired) electrons. The number of hydrogen-bond acceptors (Lipinski definition) is 2. The number of methoxy groups -OCH3 is 2. The molecule has 0 aliphatic rings. The van der Waals surface area contributed by atoms with Gasteiger partial charge in [0, 0.05) is 13.7 Å². The van der Waals surface area contributed by atoms with Gasteiger partial charge in [-0.3, -0.25) is 0 Å². The second-order valence-corrected chi connectivity index (χ2v) is 3.99. The Morgan fingerprint density at radius 3 is 2.38 bits per heavy atom. The van der Waals surface area contributed by atoms with E-state index in [1.54, 1.807) is 14.2 Å². The van der Waals surface area contributed by atoms with Crippen molar-refractivity contribution in [2.24, 2.45) is 0 Å². The Balaban J connectivity index is 2.57. The molecular formula is C14H22O2. The Hall–Kier alpha value is -1.02. The van der Waals surface area contributed by atoms with Crippen LogP contribution in [0.3, 0.4) is 0 Å². The number of unbranched alkanes of at least 4 members (excludes halogenated alkanes) is 1. The van der Waals surface area contributed by atoms with E-state index in [1.807, 2.05) is 0 Å². The van der Waals surface area contributed by atoms with Gasteiger partial charge in [0.25, 0.3) is 0 Å². The molecule has 0 unspecified atom stereocenters. The van der Waals surface area contributed by atoms with Crippen LogP contribution in [-0.4, -0.2) is 20.8 Å². The lowest BCUT2D eigenvalue weighted by Crippen LogP contribution is -1.94. The summed E-state index contributed by atoms with van der Waals surface area (Å²) in [7, 11) is 3.48. The van der Waals surface area contributed by atoms with Crippen LogP contribution in [-0.2, 0) is 17.6 Å². The van der Waals surface area contributed by atoms with Gasteiger partial charge < -0.3 is 9.47 Å². The van der Waals surface area contributed by atoms with E-state index in [-0.39, 0.29) is 0 Å². The first-order valence-corrected chi connectivity index (χ1v) is 5.96. The van der Waals surface area contributed by atoms with Crippen LogP contribution in [0.2, 0.25) is 0 Å². The molecule has 0 N–H and O–H groups in total. The maximum Gasteiger partial charge on any atom is 0.119 e. The molecule has 1 aromatic carbocycles. The van der Waals surface area contributed by atoms with Gasteiger partial charge in [0.1, 0.15) is 5.75 Å². The summed E-state index contributed by atoms with van der Waals surface area (Å²) in [6, 6.07) is 6.51. The van der Waals surface area contributed by atoms with Crippen molar-refractivity contribution >= 4 is 0 Å². The summed E-state index contributed by atoms with van der Waals surface area (Å²) in [5, 5.41) is 0. The van der Waals surface area contributed by atoms with Gasteiger partial charge in [-0.2, -0.15) is 0 Å². The fraction of sp³-hybridized carbons (Fsp3) is 0.571. The molecule has 0 spiro atoms. The highest BCUT2D eigenvalue weighted by molar-refractivity contribution is 5.34. The number of aryl methyl sites for hydroxylation is 2. The average molecular weight is 222 g/mol. The quantitative estimate of drug-likeness (QED) is 0.659. The third-order valence-corrected chi connectivity index (χ3v) is 2.73. The van der Waals surface area contributed by atoms with Crippen molar-refractivity contribution in [1.82, 2.24) is 0 Å². The van der Waals surface area contributed by atoms with E-state index in [0.717, 1.165) is 31.6 Å². The molecule has 1 aromatic rings. The Bertz CT molecular complexity index is 285. The van der Waals surface area contributed by atoms with E-state index >= 15 is 0 Å². The summed E-state index contributed by atoms with van der Waals surface area (Å²) in [5.74, 6) is 0.973. The zero-order valence-electron chi connectivity index (χ0n) is 10.6. The third kappa shape index (κ3) is 4.23. The number of rotatable bonds is 7. The molecule has 1 rings (SSSR count). The fourth-order valence-corrected chi connectivity index (χ4v) is 1.77. The van der Waals surface area contributed by atoms with Crippen molar-refractivity contribution in [3.8, 4) is 5.75 Å². The zero-order chi connectivity index (χ0) is 11.8. The van der Waals surface area contributed by atoms with Crippen LogP contribution in [0.1, 0.15) is 30.9 Å². The highest BCUT2D eigenvalue weighted by Crippen LogP contribution is 2.19. The molecule has 0 fully saturated rings. The normalized spacial score (nSPS) is 10.4. The average Bonchev–Trinajstić information content (AvgIpc) is 2.34. The first-order valence-electron chi connectivity index (χ1n) is 5.96. The van der Waals surface area contributed by atoms with Crippen molar-refractivity contribution in [2.75, 3.05) is 20.8 Å². The minimum Gasteiger partial charge on any atom is -0.497 e. The second-order valence-electron chi connectivity index (χ2n) is 3.99. The van der Waals surface area contributed by atoms with Crippen molar-refractivity contribution in [1.29, 1.82) is 0 Å². The molecule has 2 nitrogen and oxygen atoms in total. The minimum absolute atomic E-state index is 0.852. The van der Waals surface area contributed by atoms with E-state index in [4.69, 9.17) is 9.47 Å². The topological polar surface area (TPSA) is 18.5 Å². The Labute approximate surface area is 98.6 Å². The van der Waals surface area contributed by atoms with Crippen LogP contribution in [0.5, 0.6) is 5.75 Å². The van der Waals surface area contributed by atoms with E-state index in [2.05, 4.69) is 25.1 Å². The maximum atomic E-state index is 5.30. The van der Waals surface area contributed by atoms with Crippen LogP contribution >= 0.6 is 0 Å². The Morgan fingerprint density at radius 1 is 1.00 bits per heavy atom. The SMILES string of the molecule is CCc1cc(CCCCOC)cc(OC)c1. The second kappa shape index (κ2) is 7.29. The number of benzene rings is 1. The monoisotopic (exact) mass is 222 g/mol. The van der Waals surface area contributed by atoms with Gasteiger partial charge in [0.05, 0.1) is 7.11 Å². The van der Waals surface area contributed by atoms with Gasteiger partial charge in [-0.05, 0) is 48.9 Å². The van der Waals surface area contributed by atoms with Crippen molar-refractivity contribution in [3.05, 3.63) is 29.3 Å². The highest BCUT2D eigenvalue weighted by atomic mass is 16.5. The lowest BCUT2D eigenvalue weighted by atomic mass is 10.0. The molecular weight excluding hydrogens is 200 g/mol. The number of hydrogen-bond donors (Lipinski definition) is 0. The van der Waals surface area contributed by atoms with Gasteiger partial charge >= 0.3 is 0 Å². The van der Waals surface area contributed by atoms with Crippen LogP contribution in [0.15, 0.2) is 18.2 Å². The Kier molecular flexibility index (Phi) is 5.94. The summed E-state index contributed by atoms with van der Waals surface area (Å²) in [5.41, 5.74) is 2.72. The van der Waals surface area contributed by atoms with Crippen LogP contribution < -0.4 is 4.74 Å². The van der Waals surface area contributed by atoms with E-state index in [0.29, 0.717) is 0 Å². The molecule has 0 aliphatic heterocycles. The molecule has 2 heteroatoms. The molecule has 0 amide bonds. The van der Waals surface area contributed by atoms with Crippen molar-refractivity contribution in [3.63, 3.8) is 0 Å². The smallest absolute Gasteiger partial charge is 0.119 e. The number of ether oxygens (including phenoxy) is 2. The standard InChI is InChI=1S/C14H22O2/c1-4-12-9-13(7-5-6-8-15-2)11-14(10-12)16-3/h9-11H,4-8H2,1-3H3. The largest absolute Gasteiger partial charge is 0.497 e. The Morgan fingerprint density at radius 2 is 1.75 bits per heavy atom. The van der Waals surface area contributed by atoms with E-state index in [1.165, 1.54) is 17.5 Å². The van der Waals surface area contributed by atoms with Gasteiger partial charge in [0.2, 0.25) is 0 Å². The molecule has 0 heterocycles. The first kappa shape index (κ1) is 13.0. The predicted molar refractivity (Wildman–Crippen MR) is 67.2 cm³/mol. The molecule has 0 atom stereocenters. The molecule has 0 saturated carbocycles. The van der Waals surface area contributed by atoms with Crippen LogP contribution in [0, 0.1) is 0 Å². The zero-order valence-corrected chi connectivity index (χ0v) is 10.6. The fourth-order valence-electron chi connectivity index (χ4n) is 1.77. The van der Waals surface area contributed by atoms with Gasteiger partial charge in [0.15, 0.2) is 0 Å². The lowest BCUT2D eigenvalue weighted by molar-refractivity contribution is 0.193. The van der Waals surface area contributed by atoms with Gasteiger partial charge in [-0.1, -0.05) is 13.0 Å². The molecule has 90 valence electrons. The van der Waals surface area contributed by atoms with E-state index in [9.17, 15) is 0 Å². The first-order chi connectivity index (χ1) is 7.80. The molecule has 0 aromatic heterocycles. The molecule has 16 heavy (non-hydrogen) atoms. The summed E-state index contributed by atoms with van der Waals surface area (Å²) in [4.78, 5) is 0. The molecule has 0 bridgehead atoms. The highest BCUT2D eigenvalue weighted by Gasteiger charge is 2.00.